The van der Waals surface area contributed by atoms with Crippen molar-refractivity contribution >= 4 is 27.7 Å². The number of nitrogens with one attached hydrogen (secondary N) is 1. The first-order valence-corrected chi connectivity index (χ1v) is 8.04. The van der Waals surface area contributed by atoms with Gasteiger partial charge in [0.25, 0.3) is 0 Å². The molecule has 1 unspecified atom stereocenters. The SMILES string of the molecule is Cc1cc(Br)cc(NC2CCN(C(=O)OC(C)(C)C)C2)c1. The Hall–Kier alpha value is -1.23. The number of carbonyl (C=O) groups excluding carboxylic acids is 1. The van der Waals surface area contributed by atoms with E-state index in [9.17, 15) is 4.79 Å². The molecule has 5 heteroatoms. The number of halogens is 1. The molecule has 0 aliphatic carbocycles. The lowest BCUT2D eigenvalue weighted by atomic mass is 10.2. The Bertz CT molecular complexity index is 505. The molecule has 0 saturated carbocycles. The number of hydrogen-bond donors (Lipinski definition) is 1. The number of carbonyl (C=O) groups is 1. The van der Waals surface area contributed by atoms with E-state index < -0.39 is 5.60 Å². The fraction of sp³-hybridized carbons (Fsp3) is 0.562. The zero-order chi connectivity index (χ0) is 15.6. The van der Waals surface area contributed by atoms with Crippen LogP contribution in [0.5, 0.6) is 0 Å². The lowest BCUT2D eigenvalue weighted by Gasteiger charge is -2.24. The van der Waals surface area contributed by atoms with E-state index in [1.54, 1.807) is 4.90 Å². The van der Waals surface area contributed by atoms with Gasteiger partial charge in [0, 0.05) is 29.3 Å². The summed E-state index contributed by atoms with van der Waals surface area (Å²) in [5.41, 5.74) is 1.84. The Labute approximate surface area is 135 Å². The average Bonchev–Trinajstić information content (AvgIpc) is 2.73. The van der Waals surface area contributed by atoms with Gasteiger partial charge in [0.05, 0.1) is 0 Å². The van der Waals surface area contributed by atoms with Crippen LogP contribution in [0, 0.1) is 6.92 Å². The van der Waals surface area contributed by atoms with E-state index in [4.69, 9.17) is 4.74 Å². The van der Waals surface area contributed by atoms with Crippen LogP contribution in [0.3, 0.4) is 0 Å². The first-order valence-electron chi connectivity index (χ1n) is 7.24. The summed E-state index contributed by atoms with van der Waals surface area (Å²) in [4.78, 5) is 13.8. The summed E-state index contributed by atoms with van der Waals surface area (Å²) in [6.45, 7) is 9.15. The summed E-state index contributed by atoms with van der Waals surface area (Å²) >= 11 is 3.51. The Morgan fingerprint density at radius 2 is 2.10 bits per heavy atom. The fourth-order valence-corrected chi connectivity index (χ4v) is 3.03. The first kappa shape index (κ1) is 16.1. The number of aryl methyl sites for hydroxylation is 1. The van der Waals surface area contributed by atoms with E-state index in [1.807, 2.05) is 20.8 Å². The normalized spacial score (nSPS) is 18.7. The molecule has 1 heterocycles. The van der Waals surface area contributed by atoms with Gasteiger partial charge in [-0.05, 0) is 57.9 Å². The van der Waals surface area contributed by atoms with E-state index in [-0.39, 0.29) is 12.1 Å². The quantitative estimate of drug-likeness (QED) is 0.865. The van der Waals surface area contributed by atoms with Crippen molar-refractivity contribution in [2.45, 2.75) is 45.8 Å². The van der Waals surface area contributed by atoms with Gasteiger partial charge >= 0.3 is 6.09 Å². The maximum absolute atomic E-state index is 12.0. The third-order valence-electron chi connectivity index (χ3n) is 3.25. The van der Waals surface area contributed by atoms with Gasteiger partial charge in [0.1, 0.15) is 5.60 Å². The van der Waals surface area contributed by atoms with Gasteiger partial charge in [-0.25, -0.2) is 4.79 Å². The average molecular weight is 355 g/mol. The predicted molar refractivity (Wildman–Crippen MR) is 88.7 cm³/mol. The molecule has 21 heavy (non-hydrogen) atoms. The van der Waals surface area contributed by atoms with Gasteiger partial charge in [-0.2, -0.15) is 0 Å². The maximum Gasteiger partial charge on any atom is 0.410 e. The minimum absolute atomic E-state index is 0.225. The highest BCUT2D eigenvalue weighted by Gasteiger charge is 2.29. The van der Waals surface area contributed by atoms with Crippen molar-refractivity contribution in [3.05, 3.63) is 28.2 Å². The molecule has 1 aliphatic rings. The summed E-state index contributed by atoms with van der Waals surface area (Å²) in [7, 11) is 0. The van der Waals surface area contributed by atoms with Crippen molar-refractivity contribution in [1.82, 2.24) is 4.90 Å². The highest BCUT2D eigenvalue weighted by molar-refractivity contribution is 9.10. The molecule has 1 aliphatic heterocycles. The van der Waals surface area contributed by atoms with Crippen LogP contribution >= 0.6 is 15.9 Å². The van der Waals surface area contributed by atoms with Crippen LogP contribution in [0.4, 0.5) is 10.5 Å². The Morgan fingerprint density at radius 3 is 2.71 bits per heavy atom. The number of rotatable bonds is 2. The van der Waals surface area contributed by atoms with Crippen LogP contribution in [0.2, 0.25) is 0 Å². The van der Waals surface area contributed by atoms with E-state index in [2.05, 4.69) is 46.4 Å². The summed E-state index contributed by atoms with van der Waals surface area (Å²) in [5, 5.41) is 3.49. The second kappa shape index (κ2) is 6.26. The van der Waals surface area contributed by atoms with Crippen molar-refractivity contribution in [2.24, 2.45) is 0 Å². The topological polar surface area (TPSA) is 41.6 Å². The molecule has 2 rings (SSSR count). The van der Waals surface area contributed by atoms with Gasteiger partial charge in [0.15, 0.2) is 0 Å². The van der Waals surface area contributed by atoms with Gasteiger partial charge in [-0.15, -0.1) is 0 Å². The molecular weight excluding hydrogens is 332 g/mol. The van der Waals surface area contributed by atoms with Gasteiger partial charge < -0.3 is 15.0 Å². The van der Waals surface area contributed by atoms with E-state index in [0.717, 1.165) is 23.1 Å². The highest BCUT2D eigenvalue weighted by Crippen LogP contribution is 2.22. The zero-order valence-corrected chi connectivity index (χ0v) is 14.7. The van der Waals surface area contributed by atoms with Crippen LogP contribution in [-0.4, -0.2) is 35.7 Å². The lowest BCUT2D eigenvalue weighted by Crippen LogP contribution is -2.36. The minimum Gasteiger partial charge on any atom is -0.444 e. The second-order valence-corrected chi connectivity index (χ2v) is 7.49. The van der Waals surface area contributed by atoms with Crippen molar-refractivity contribution in [3.63, 3.8) is 0 Å². The molecule has 1 atom stereocenters. The molecule has 0 spiro atoms. The first-order chi connectivity index (χ1) is 9.73. The van der Waals surface area contributed by atoms with Crippen molar-refractivity contribution in [2.75, 3.05) is 18.4 Å². The van der Waals surface area contributed by atoms with Gasteiger partial charge in [-0.1, -0.05) is 15.9 Å². The highest BCUT2D eigenvalue weighted by atomic mass is 79.9. The van der Waals surface area contributed by atoms with Crippen LogP contribution < -0.4 is 5.32 Å². The number of anilines is 1. The van der Waals surface area contributed by atoms with Crippen molar-refractivity contribution in [3.8, 4) is 0 Å². The van der Waals surface area contributed by atoms with Crippen LogP contribution in [0.1, 0.15) is 32.8 Å². The van der Waals surface area contributed by atoms with Crippen LogP contribution in [0.25, 0.3) is 0 Å². The molecule has 1 N–H and O–H groups in total. The monoisotopic (exact) mass is 354 g/mol. The molecule has 1 amide bonds. The fourth-order valence-electron chi connectivity index (χ4n) is 2.43. The maximum atomic E-state index is 12.0. The number of amides is 1. The largest absolute Gasteiger partial charge is 0.444 e. The molecule has 0 bridgehead atoms. The second-order valence-electron chi connectivity index (χ2n) is 6.57. The standard InChI is InChI=1S/C16H23BrN2O2/c1-11-7-12(17)9-14(8-11)18-13-5-6-19(10-13)15(20)21-16(2,3)4/h7-9,13,18H,5-6,10H2,1-4H3. The summed E-state index contributed by atoms with van der Waals surface area (Å²) < 4.78 is 6.47. The van der Waals surface area contributed by atoms with Crippen LogP contribution in [0.15, 0.2) is 22.7 Å². The smallest absolute Gasteiger partial charge is 0.410 e. The minimum atomic E-state index is -0.440. The van der Waals surface area contributed by atoms with E-state index in [0.29, 0.717) is 6.54 Å². The number of likely N-dealkylation sites (tertiary alicyclic amines) is 1. The third kappa shape index (κ3) is 4.92. The lowest BCUT2D eigenvalue weighted by molar-refractivity contribution is 0.0293. The Balaban J connectivity index is 1.92. The molecular formula is C16H23BrN2O2. The molecule has 1 aromatic carbocycles. The van der Waals surface area contributed by atoms with Crippen LogP contribution in [-0.2, 0) is 4.74 Å². The van der Waals surface area contributed by atoms with Gasteiger partial charge in [0.2, 0.25) is 0 Å². The molecule has 1 fully saturated rings. The molecule has 1 saturated heterocycles. The predicted octanol–water partition coefficient (Wildman–Crippen LogP) is 4.18. The molecule has 0 radical (unpaired) electrons. The molecule has 0 aromatic heterocycles. The zero-order valence-electron chi connectivity index (χ0n) is 13.1. The number of ether oxygens (including phenoxy) is 1. The third-order valence-corrected chi connectivity index (χ3v) is 3.71. The molecule has 4 nitrogen and oxygen atoms in total. The summed E-state index contributed by atoms with van der Waals surface area (Å²) in [5.74, 6) is 0. The van der Waals surface area contributed by atoms with Crippen molar-refractivity contribution < 1.29 is 9.53 Å². The summed E-state index contributed by atoms with van der Waals surface area (Å²) in [6.07, 6.45) is 0.711. The van der Waals surface area contributed by atoms with E-state index in [1.165, 1.54) is 5.56 Å². The molecule has 116 valence electrons. The van der Waals surface area contributed by atoms with Crippen molar-refractivity contribution in [1.29, 1.82) is 0 Å². The molecule has 1 aromatic rings. The number of benzene rings is 1. The number of hydrogen-bond acceptors (Lipinski definition) is 3. The number of nitrogens with zero attached hydrogens (tertiary/aromatic N) is 1. The summed E-state index contributed by atoms with van der Waals surface area (Å²) in [6, 6.07) is 6.52. The van der Waals surface area contributed by atoms with Gasteiger partial charge in [-0.3, -0.25) is 0 Å². The Kier molecular flexibility index (Phi) is 4.81. The van der Waals surface area contributed by atoms with E-state index >= 15 is 0 Å². The Morgan fingerprint density at radius 1 is 1.38 bits per heavy atom.